The highest BCUT2D eigenvalue weighted by atomic mass is 19.2. The number of rotatable bonds is 18. The molecule has 0 radical (unpaired) electrons. The highest BCUT2D eigenvalue weighted by Gasteiger charge is 2.83. The van der Waals surface area contributed by atoms with E-state index in [1.807, 2.05) is 123 Å². The first-order valence-electron chi connectivity index (χ1n) is 47.1. The van der Waals surface area contributed by atoms with Crippen molar-refractivity contribution in [3.8, 4) is 0 Å². The smallest absolute Gasteiger partial charge is 0.193 e. The first-order valence-corrected chi connectivity index (χ1v) is 47.1. The van der Waals surface area contributed by atoms with E-state index in [9.17, 15) is 74.4 Å². The summed E-state index contributed by atoms with van der Waals surface area (Å²) in [7, 11) is 0. The van der Waals surface area contributed by atoms with Crippen LogP contribution in [-0.4, -0.2) is 172 Å². The molecule has 24 heteroatoms. The molecule has 133 heavy (non-hydrogen) atoms. The normalized spacial score (nSPS) is 39.2. The number of nitrogens with two attached hydrogens (primary N) is 2. The number of fused-ring (bicyclic) bond motifs is 19. The number of ether oxygens (including phenoxy) is 4. The zero-order chi connectivity index (χ0) is 94.9. The first kappa shape index (κ1) is 95.1. The lowest BCUT2D eigenvalue weighted by molar-refractivity contribution is -0.231. The van der Waals surface area contributed by atoms with Gasteiger partial charge in [0, 0.05) is 78.3 Å². The predicted molar refractivity (Wildman–Crippen MR) is 491 cm³/mol. The number of aldehydes is 1. The fraction of sp³-hybridized carbons (Fsp3) is 0.495. The third kappa shape index (κ3) is 14.9. The minimum Gasteiger partial charge on any atom is -0.399 e. The Morgan fingerprint density at radius 3 is 1.10 bits per heavy atom. The summed E-state index contributed by atoms with van der Waals surface area (Å²) in [6.45, 7) is 10.3. The Morgan fingerprint density at radius 2 is 0.752 bits per heavy atom. The van der Waals surface area contributed by atoms with Crippen molar-refractivity contribution < 1.29 is 107 Å². The highest BCUT2D eigenvalue weighted by molar-refractivity contribution is 6.03. The van der Waals surface area contributed by atoms with Crippen LogP contribution < -0.4 is 11.5 Å². The Morgan fingerprint density at radius 1 is 0.421 bits per heavy atom. The molecule has 11 fully saturated rings. The number of aliphatic hydroxyl groups excluding tert-OH is 7. The van der Waals surface area contributed by atoms with Gasteiger partial charge < -0.3 is 71.3 Å². The molecule has 12 N–H and O–H groups in total. The van der Waals surface area contributed by atoms with E-state index < -0.39 is 176 Å². The summed E-state index contributed by atoms with van der Waals surface area (Å²) in [5.74, 6) is -5.57. The number of aryl methyl sites for hydroxylation is 7. The molecule has 20 rings (SSSR count). The van der Waals surface area contributed by atoms with E-state index in [1.54, 1.807) is 39.8 Å². The molecular formula is C109H123F3N2O19. The molecule has 0 unspecified atom stereocenters. The van der Waals surface area contributed by atoms with Crippen LogP contribution >= 0.6 is 0 Å². The molecule has 6 aromatic carbocycles. The lowest BCUT2D eigenvalue weighted by Gasteiger charge is -2.62. The van der Waals surface area contributed by atoms with Crippen LogP contribution in [0.2, 0.25) is 0 Å². The largest absolute Gasteiger partial charge is 0.399 e. The van der Waals surface area contributed by atoms with Gasteiger partial charge in [-0.2, -0.15) is 0 Å². The molecule has 14 aliphatic rings. The molecule has 2 heterocycles. The first-order chi connectivity index (χ1) is 63.2. The Bertz CT molecular complexity index is 5540. The third-order valence-electron chi connectivity index (χ3n) is 35.0. The summed E-state index contributed by atoms with van der Waals surface area (Å²) in [6, 6.07) is 47.9. The number of carbonyl (C=O) groups is 7. The number of halogens is 3. The lowest BCUT2D eigenvalue weighted by Crippen LogP contribution is -2.69. The van der Waals surface area contributed by atoms with E-state index in [4.69, 9.17) is 30.4 Å². The van der Waals surface area contributed by atoms with E-state index in [2.05, 4.69) is 43.3 Å². The molecule has 0 aromatic heterocycles. The van der Waals surface area contributed by atoms with E-state index >= 15 is 13.2 Å². The molecule has 0 amide bonds. The fourth-order valence-electron chi connectivity index (χ4n) is 28.0. The standard InChI is InChI=1S/2C36H40FNO6.C21H27FO6.C16H16O/c2*1-33-15-14-26(40)17-24(33)12-13-27-28-18-31-36(30(42)20-39,34(28,2)19-29(41)35(27,33)37)44-32(43-31)23-10-8-21(9-11-23)6-7-22-4-3-5-25(38)16-22;1-18-6-5-12(24)7-11(18)3-4-13-14-8-15(25)21(28,17(27)10-23)19(14,2)9-16(26)20(13,18)22;1-13-3-2-4-15(11-13)8-5-14-6-9-16(12-17)10-7-14/h2*3-5,8-11,14-17,27-29,31-32,39,41H,6-7,12-13,18-20,38H2,1-2H3;5-7,13-16,23,25-26,28H,3-4,8-10H2,1-2H3;2-4,6-7,9-12H,5,8H2,1H3/t27-,28-,29-,31+,32+,33-,34-,35-,36+;27-,28-,29-,31+,32-,33-,34-,35-,36+;13-,14-,15+,16-,18-,19-,20-,21-;/m000./s1. The molecule has 0 bridgehead atoms. The number of aliphatic hydroxyl groups is 8. The molecular weight excluding hydrogens is 1700 g/mol. The average molecular weight is 1820 g/mol. The maximum Gasteiger partial charge on any atom is 0.193 e. The number of allylic oxidation sites excluding steroid dienone is 12. The number of hydrogen-bond donors (Lipinski definition) is 10. The van der Waals surface area contributed by atoms with Crippen LogP contribution in [0.25, 0.3) is 0 Å². The number of ketones is 6. The number of alkyl halides is 3. The van der Waals surface area contributed by atoms with Gasteiger partial charge in [0.05, 0.1) is 36.6 Å². The van der Waals surface area contributed by atoms with Gasteiger partial charge in [-0.15, -0.1) is 0 Å². The van der Waals surface area contributed by atoms with Crippen LogP contribution in [0.3, 0.4) is 0 Å². The van der Waals surface area contributed by atoms with Crippen LogP contribution in [0.4, 0.5) is 24.5 Å². The van der Waals surface area contributed by atoms with Gasteiger partial charge in [0.1, 0.15) is 26.1 Å². The molecule has 6 aromatic rings. The van der Waals surface area contributed by atoms with Gasteiger partial charge in [-0.05, 0) is 255 Å². The van der Waals surface area contributed by atoms with Crippen LogP contribution in [0.15, 0.2) is 217 Å². The fourth-order valence-corrected chi connectivity index (χ4v) is 28.0. The van der Waals surface area contributed by atoms with Crippen LogP contribution in [0.1, 0.15) is 192 Å². The van der Waals surface area contributed by atoms with Crippen LogP contribution in [0, 0.1) is 74.9 Å². The summed E-state index contributed by atoms with van der Waals surface area (Å²) in [5, 5.41) is 85.9. The Kier molecular flexibility index (Phi) is 25.1. The third-order valence-corrected chi connectivity index (χ3v) is 35.0. The minimum atomic E-state index is -2.23. The van der Waals surface area contributed by atoms with E-state index in [0.717, 1.165) is 95.1 Å². The number of Topliss-reactive ketones (excluding diaryl/α,β-unsaturated/α-hetero) is 3. The molecule has 21 nitrogen and oxygen atoms in total. The van der Waals surface area contributed by atoms with Gasteiger partial charge in [-0.25, -0.2) is 13.2 Å². The van der Waals surface area contributed by atoms with Crippen molar-refractivity contribution in [1.29, 1.82) is 0 Å². The summed E-state index contributed by atoms with van der Waals surface area (Å²) in [4.78, 5) is 86.5. The van der Waals surface area contributed by atoms with Gasteiger partial charge in [-0.3, -0.25) is 33.6 Å². The molecule has 2 aliphatic heterocycles. The van der Waals surface area contributed by atoms with Crippen molar-refractivity contribution in [2.75, 3.05) is 31.3 Å². The van der Waals surface area contributed by atoms with Crippen LogP contribution in [0.5, 0.6) is 0 Å². The molecule has 2 saturated heterocycles. The van der Waals surface area contributed by atoms with Gasteiger partial charge >= 0.3 is 0 Å². The van der Waals surface area contributed by atoms with Crippen molar-refractivity contribution in [1.82, 2.24) is 0 Å². The van der Waals surface area contributed by atoms with Gasteiger partial charge in [0.25, 0.3) is 0 Å². The summed E-state index contributed by atoms with van der Waals surface area (Å²) in [5.41, 5.74) is 8.07. The average Bonchev–Trinajstić information content (AvgIpc) is 1.52. The highest BCUT2D eigenvalue weighted by Crippen LogP contribution is 2.76. The predicted octanol–water partition coefficient (Wildman–Crippen LogP) is 13.7. The topological polar surface area (TPSA) is 370 Å². The van der Waals surface area contributed by atoms with Gasteiger partial charge in [0.15, 0.2) is 81.1 Å². The maximum absolute atomic E-state index is 17.5. The Balaban J connectivity index is 0.000000130. The quantitative estimate of drug-likeness (QED) is 0.0282. The second-order valence-corrected chi connectivity index (χ2v) is 41.5. The number of anilines is 2. The van der Waals surface area contributed by atoms with E-state index in [1.165, 1.54) is 59.2 Å². The van der Waals surface area contributed by atoms with E-state index in [-0.39, 0.29) is 54.9 Å². The van der Waals surface area contributed by atoms with Crippen molar-refractivity contribution in [3.63, 3.8) is 0 Å². The zero-order valence-corrected chi connectivity index (χ0v) is 76.4. The second-order valence-electron chi connectivity index (χ2n) is 41.5. The maximum atomic E-state index is 17.5. The lowest BCUT2D eigenvalue weighted by atomic mass is 9.44. The molecule has 0 spiro atoms. The monoisotopic (exact) mass is 1820 g/mol. The zero-order valence-electron chi connectivity index (χ0n) is 76.4. The van der Waals surface area contributed by atoms with Crippen molar-refractivity contribution in [2.45, 2.75) is 247 Å². The van der Waals surface area contributed by atoms with E-state index in [0.29, 0.717) is 68.1 Å². The van der Waals surface area contributed by atoms with Gasteiger partial charge in [0.2, 0.25) is 0 Å². The number of benzene rings is 6. The Labute approximate surface area is 773 Å². The number of hydrogen-bond acceptors (Lipinski definition) is 21. The number of nitrogen functional groups attached to an aromatic ring is 2. The number of carbonyl (C=O) groups excluding carboxylic acids is 7. The SMILES string of the molecule is C[C@]12C=CC(=O)C=C1CC[C@H]1[C@@H]3C[C@@H](O)[C@](O)(C(=O)CO)[C@@]3(C)C[C@H](O)[C@@]12F.C[C@]12C=CC(=O)C=C1CC[C@H]1[C@@H]3C[C@H]4O[C@@H](c5ccc(CCc6cccc(N)c6)cc5)O[C@@]4(C(=O)CO)[C@@]3(C)C[C@H](O)[C@@]12F.C[C@]12C=CC(=O)C=C1CC[C@H]1[C@@H]3C[C@H]4O[C@H](c5ccc(CCc6cccc(N)c6)cc5)O[C@@]4(C(=O)CO)[C@@]3(C)C[C@H](O)[C@@]12F.Cc1cccc(CCc2ccc(C=O)cc2)c1. The Hall–Kier alpha value is -9.64. The van der Waals surface area contributed by atoms with Crippen molar-refractivity contribution >= 4 is 52.4 Å². The summed E-state index contributed by atoms with van der Waals surface area (Å²) >= 11 is 0. The molecule has 12 aliphatic carbocycles. The summed E-state index contributed by atoms with van der Waals surface area (Å²) in [6.07, 6.45) is 14.0. The second kappa shape index (κ2) is 35.2. The minimum absolute atomic E-state index is 0.0135. The van der Waals surface area contributed by atoms with Crippen LogP contribution in [-0.2, 0) is 86.2 Å². The van der Waals surface area contributed by atoms with Crippen molar-refractivity contribution in [2.24, 2.45) is 68.0 Å². The van der Waals surface area contributed by atoms with Crippen molar-refractivity contribution in [3.05, 3.63) is 273 Å². The van der Waals surface area contributed by atoms with Gasteiger partial charge in [-0.1, -0.05) is 183 Å². The molecule has 704 valence electrons. The molecule has 9 saturated carbocycles. The summed E-state index contributed by atoms with van der Waals surface area (Å²) < 4.78 is 78.1. The molecule has 26 atom stereocenters.